The molecule has 2 fully saturated rings. The molecule has 2 unspecified atom stereocenters. The summed E-state index contributed by atoms with van der Waals surface area (Å²) in [5, 5.41) is 38.5. The minimum Gasteiger partial charge on any atom is -0.394 e. The molecule has 246 valence electrons. The standard InChI is InChI=1S/C17H27N5O12P2.C6H15N/c18-17-19-4-10-15(21-17)22(7-20-10)9-2-1-8(3-9)6-31-35(27,28)34-36(29,30)33-16-14(26)13(25)12(24)11(5-23)32-16;1-4-7(5-2)6-3/h4,7-9,11-14,16,23-26H,1-3,5-6H2,(H,27,28)(H,29,30)(H2,18,19,21);4-6H2,1-3H3/t8-,9+,11-,12-,13+,14-,16+;/m1./s1. The third-order valence-corrected chi connectivity index (χ3v) is 9.95. The summed E-state index contributed by atoms with van der Waals surface area (Å²) in [4.78, 5) is 34.5. The van der Waals surface area contributed by atoms with Crippen LogP contribution in [0.3, 0.4) is 0 Å². The van der Waals surface area contributed by atoms with Gasteiger partial charge in [0.1, 0.15) is 29.9 Å². The number of imidazole rings is 1. The minimum absolute atomic E-state index is 0.0460. The number of aromatic nitrogens is 4. The van der Waals surface area contributed by atoms with Crippen molar-refractivity contribution in [2.75, 3.05) is 38.6 Å². The summed E-state index contributed by atoms with van der Waals surface area (Å²) in [7, 11) is -10.5. The Balaban J connectivity index is 0.000000646. The van der Waals surface area contributed by atoms with Gasteiger partial charge in [0, 0.05) is 6.04 Å². The van der Waals surface area contributed by atoms with Gasteiger partial charge in [0.2, 0.25) is 5.95 Å². The van der Waals surface area contributed by atoms with Crippen molar-refractivity contribution in [3.8, 4) is 0 Å². The predicted molar refractivity (Wildman–Crippen MR) is 151 cm³/mol. The van der Waals surface area contributed by atoms with Crippen LogP contribution < -0.4 is 5.73 Å². The number of nitrogens with two attached hydrogens (primary N) is 1. The average molecular weight is 657 g/mol. The normalized spacial score (nSPS) is 30.5. The number of phosphoric ester groups is 2. The van der Waals surface area contributed by atoms with Gasteiger partial charge in [-0.25, -0.2) is 19.1 Å². The maximum absolute atomic E-state index is 12.3. The minimum atomic E-state index is -5.38. The summed E-state index contributed by atoms with van der Waals surface area (Å²) in [6, 6.07) is -0.0460. The second-order valence-electron chi connectivity index (χ2n) is 10.2. The Morgan fingerprint density at radius 1 is 1.05 bits per heavy atom. The van der Waals surface area contributed by atoms with Crippen molar-refractivity contribution in [3.63, 3.8) is 0 Å². The van der Waals surface area contributed by atoms with E-state index < -0.39 is 53.0 Å². The number of anilines is 1. The zero-order chi connectivity index (χ0) is 31.9. The van der Waals surface area contributed by atoms with Crippen molar-refractivity contribution in [2.45, 2.75) is 76.8 Å². The molecule has 0 amide bonds. The molecule has 18 nitrogen and oxygen atoms in total. The third kappa shape index (κ3) is 9.68. The van der Waals surface area contributed by atoms with Crippen LogP contribution in [0.25, 0.3) is 11.2 Å². The van der Waals surface area contributed by atoms with Crippen molar-refractivity contribution < 1.29 is 57.4 Å². The number of ether oxygens (including phenoxy) is 1. The van der Waals surface area contributed by atoms with E-state index in [9.17, 15) is 34.2 Å². The molecule has 9 atom stereocenters. The maximum atomic E-state index is 12.3. The summed E-state index contributed by atoms with van der Waals surface area (Å²) in [5.74, 6) is -0.111. The van der Waals surface area contributed by atoms with Crippen molar-refractivity contribution in [1.82, 2.24) is 24.4 Å². The smallest absolute Gasteiger partial charge is 0.394 e. The lowest BCUT2D eigenvalue weighted by Gasteiger charge is -2.39. The Morgan fingerprint density at radius 2 is 1.72 bits per heavy atom. The fourth-order valence-corrected chi connectivity index (χ4v) is 7.11. The van der Waals surface area contributed by atoms with Crippen LogP contribution in [0, 0.1) is 5.92 Å². The fraction of sp³-hybridized carbons (Fsp3) is 0.783. The maximum Gasteiger partial charge on any atom is 0.483 e. The Hall–Kier alpha value is -1.63. The number of nitrogens with zero attached hydrogens (tertiary/aromatic N) is 5. The lowest BCUT2D eigenvalue weighted by molar-refractivity contribution is -0.280. The van der Waals surface area contributed by atoms with Gasteiger partial charge in [0.05, 0.1) is 25.7 Å². The van der Waals surface area contributed by atoms with Gasteiger partial charge in [-0.2, -0.15) is 9.29 Å². The number of phosphoric acid groups is 2. The van der Waals surface area contributed by atoms with E-state index in [1.807, 2.05) is 4.57 Å². The number of fused-ring (bicyclic) bond motifs is 1. The zero-order valence-electron chi connectivity index (χ0n) is 24.2. The highest BCUT2D eigenvalue weighted by molar-refractivity contribution is 7.61. The molecule has 1 saturated carbocycles. The molecule has 2 aromatic heterocycles. The molecule has 4 rings (SSSR count). The monoisotopic (exact) mass is 656 g/mol. The first-order valence-electron chi connectivity index (χ1n) is 13.9. The van der Waals surface area contributed by atoms with E-state index in [-0.39, 0.29) is 24.5 Å². The molecule has 1 saturated heterocycles. The molecular weight excluding hydrogens is 614 g/mol. The Labute approximate surface area is 248 Å². The molecule has 0 radical (unpaired) electrons. The molecule has 2 aromatic rings. The Morgan fingerprint density at radius 3 is 2.33 bits per heavy atom. The summed E-state index contributed by atoms with van der Waals surface area (Å²) in [6.07, 6.45) is -4.25. The molecule has 8 N–H and O–H groups in total. The van der Waals surface area contributed by atoms with Gasteiger partial charge in [-0.05, 0) is 44.8 Å². The van der Waals surface area contributed by atoms with E-state index in [0.29, 0.717) is 30.4 Å². The fourth-order valence-electron chi connectivity index (χ4n) is 4.89. The van der Waals surface area contributed by atoms with Crippen LogP contribution >= 0.6 is 15.6 Å². The topological polar surface area (TPSA) is 265 Å². The quantitative estimate of drug-likeness (QED) is 0.150. The van der Waals surface area contributed by atoms with Crippen LogP contribution in [-0.4, -0.2) is 118 Å². The van der Waals surface area contributed by atoms with Crippen LogP contribution in [-0.2, 0) is 27.2 Å². The van der Waals surface area contributed by atoms with Crippen LogP contribution in [0.1, 0.15) is 46.1 Å². The molecule has 0 bridgehead atoms. The first-order chi connectivity index (χ1) is 20.2. The number of hydrogen-bond donors (Lipinski definition) is 7. The van der Waals surface area contributed by atoms with E-state index in [4.69, 9.17) is 20.1 Å². The molecule has 2 aliphatic rings. The molecule has 1 aliphatic carbocycles. The number of hydrogen-bond acceptors (Lipinski definition) is 15. The second kappa shape index (κ2) is 15.6. The zero-order valence-corrected chi connectivity index (χ0v) is 26.0. The summed E-state index contributed by atoms with van der Waals surface area (Å²) >= 11 is 0. The Bertz CT molecular complexity index is 1260. The van der Waals surface area contributed by atoms with Gasteiger partial charge in [-0.1, -0.05) is 20.8 Å². The van der Waals surface area contributed by atoms with Crippen LogP contribution in [0.4, 0.5) is 5.95 Å². The molecule has 0 aromatic carbocycles. The lowest BCUT2D eigenvalue weighted by Crippen LogP contribution is -2.58. The third-order valence-electron chi connectivity index (χ3n) is 7.35. The van der Waals surface area contributed by atoms with E-state index in [0.717, 1.165) is 0 Å². The molecule has 20 heteroatoms. The van der Waals surface area contributed by atoms with E-state index >= 15 is 0 Å². The van der Waals surface area contributed by atoms with Gasteiger partial charge in [-0.3, -0.25) is 9.05 Å². The summed E-state index contributed by atoms with van der Waals surface area (Å²) in [5.41, 5.74) is 6.77. The number of aliphatic hydroxyl groups excluding tert-OH is 4. The SMILES string of the molecule is CCN(CC)CC.Nc1ncc2ncn([C@H]3CC[C@@H](COP(=O)(O)OP(=O)(O)O[C@@H]4O[C@H](CO)[C@@H](O)[C@H](O)[C@H]4O)C3)c2n1. The van der Waals surface area contributed by atoms with Crippen molar-refractivity contribution in [2.24, 2.45) is 5.92 Å². The van der Waals surface area contributed by atoms with E-state index in [1.54, 1.807) is 6.33 Å². The van der Waals surface area contributed by atoms with Crippen molar-refractivity contribution >= 4 is 32.8 Å². The van der Waals surface area contributed by atoms with E-state index in [1.165, 1.54) is 25.8 Å². The number of nitrogen functional groups attached to an aromatic ring is 1. The second-order valence-corrected chi connectivity index (χ2v) is 13.2. The molecule has 0 spiro atoms. The van der Waals surface area contributed by atoms with Crippen molar-refractivity contribution in [1.29, 1.82) is 0 Å². The largest absolute Gasteiger partial charge is 0.483 e. The first kappa shape index (κ1) is 35.8. The predicted octanol–water partition coefficient (Wildman–Crippen LogP) is 0.148. The highest BCUT2D eigenvalue weighted by Gasteiger charge is 2.48. The van der Waals surface area contributed by atoms with Gasteiger partial charge >= 0.3 is 15.6 Å². The van der Waals surface area contributed by atoms with Gasteiger partial charge in [0.25, 0.3) is 0 Å². The number of rotatable bonds is 12. The highest BCUT2D eigenvalue weighted by atomic mass is 31.3. The van der Waals surface area contributed by atoms with Crippen LogP contribution in [0.15, 0.2) is 12.5 Å². The summed E-state index contributed by atoms with van der Waals surface area (Å²) < 4.78 is 45.0. The molecular formula is C23H42N6O12P2. The Kier molecular flexibility index (Phi) is 13.0. The molecule has 3 heterocycles. The van der Waals surface area contributed by atoms with E-state index in [2.05, 4.69) is 49.5 Å². The average Bonchev–Trinajstić information content (AvgIpc) is 3.59. The summed E-state index contributed by atoms with van der Waals surface area (Å²) in [6.45, 7) is 9.02. The van der Waals surface area contributed by atoms with Crippen LogP contribution in [0.2, 0.25) is 0 Å². The highest BCUT2D eigenvalue weighted by Crippen LogP contribution is 2.61. The first-order valence-corrected chi connectivity index (χ1v) is 16.9. The number of aliphatic hydroxyl groups is 4. The molecule has 43 heavy (non-hydrogen) atoms. The van der Waals surface area contributed by atoms with Crippen molar-refractivity contribution in [3.05, 3.63) is 12.5 Å². The lowest BCUT2D eigenvalue weighted by atomic mass is 10.00. The molecule has 1 aliphatic heterocycles. The van der Waals surface area contributed by atoms with Gasteiger partial charge < -0.3 is 50.2 Å². The van der Waals surface area contributed by atoms with Crippen LogP contribution in [0.5, 0.6) is 0 Å². The van der Waals surface area contributed by atoms with Gasteiger partial charge in [-0.15, -0.1) is 0 Å². The van der Waals surface area contributed by atoms with Gasteiger partial charge in [0.15, 0.2) is 11.9 Å².